The van der Waals surface area contributed by atoms with Crippen molar-refractivity contribution in [3.63, 3.8) is 0 Å². The van der Waals surface area contributed by atoms with Crippen LogP contribution in [0.4, 0.5) is 4.79 Å². The minimum Gasteiger partial charge on any atom is -0.393 e. The van der Waals surface area contributed by atoms with E-state index in [1.807, 2.05) is 13.8 Å². The average Bonchev–Trinajstić information content (AvgIpc) is 2.99. The molecule has 0 spiro atoms. The van der Waals surface area contributed by atoms with E-state index >= 15 is 0 Å². The highest BCUT2D eigenvalue weighted by atomic mass is 16.5. The lowest BCUT2D eigenvalue weighted by Gasteiger charge is -2.32. The van der Waals surface area contributed by atoms with Gasteiger partial charge in [-0.2, -0.15) is 0 Å². The molecule has 2 aliphatic rings. The summed E-state index contributed by atoms with van der Waals surface area (Å²) in [6.07, 6.45) is -1.14. The molecule has 2 fully saturated rings. The van der Waals surface area contributed by atoms with Crippen molar-refractivity contribution < 1.29 is 19.7 Å². The summed E-state index contributed by atoms with van der Waals surface area (Å²) in [6.45, 7) is 7.61. The second-order valence-corrected chi connectivity index (χ2v) is 6.46. The summed E-state index contributed by atoms with van der Waals surface area (Å²) in [5.41, 5.74) is -0.628. The first kappa shape index (κ1) is 16.2. The number of nitrogens with zero attached hydrogens (tertiary/aromatic N) is 1. The number of aliphatic hydroxyl groups excluding tert-OH is 2. The molecule has 120 valence electrons. The molecule has 5 unspecified atom stereocenters. The summed E-state index contributed by atoms with van der Waals surface area (Å²) in [4.78, 5) is 13.3. The predicted molar refractivity (Wildman–Crippen MR) is 76.8 cm³/mol. The fourth-order valence-electron chi connectivity index (χ4n) is 3.46. The number of hydrogen-bond donors (Lipinski definition) is 4. The molecule has 1 aliphatic carbocycles. The van der Waals surface area contributed by atoms with Gasteiger partial charge in [0.15, 0.2) is 0 Å². The summed E-state index contributed by atoms with van der Waals surface area (Å²) in [7, 11) is 0. The van der Waals surface area contributed by atoms with Crippen molar-refractivity contribution in [1.82, 2.24) is 10.2 Å². The molecule has 0 bridgehead atoms. The van der Waals surface area contributed by atoms with Crippen LogP contribution in [-0.4, -0.2) is 58.1 Å². The number of urea groups is 1. The van der Waals surface area contributed by atoms with Gasteiger partial charge in [0.25, 0.3) is 0 Å². The van der Waals surface area contributed by atoms with Gasteiger partial charge in [-0.3, -0.25) is 10.7 Å². The van der Waals surface area contributed by atoms with Crippen molar-refractivity contribution in [2.45, 2.75) is 45.5 Å². The molecule has 1 saturated heterocycles. The number of amidine groups is 1. The molecular weight excluding hydrogens is 274 g/mol. The number of hydrogen-bond acceptors (Lipinski definition) is 5. The fraction of sp³-hybridized carbons (Fsp3) is 0.857. The zero-order valence-corrected chi connectivity index (χ0v) is 13.0. The van der Waals surface area contributed by atoms with E-state index in [2.05, 4.69) is 5.32 Å². The van der Waals surface area contributed by atoms with Crippen LogP contribution in [0.15, 0.2) is 0 Å². The maximum absolute atomic E-state index is 11.8. The van der Waals surface area contributed by atoms with Crippen molar-refractivity contribution >= 4 is 11.9 Å². The number of ether oxygens (including phenoxy) is 1. The number of carbonyl (C=O) groups is 1. The Kier molecular flexibility index (Phi) is 4.28. The van der Waals surface area contributed by atoms with E-state index in [0.29, 0.717) is 6.54 Å². The fourth-order valence-corrected chi connectivity index (χ4v) is 3.46. The highest BCUT2D eigenvalue weighted by Gasteiger charge is 2.66. The standard InChI is InChI=1S/C14H25N3O4/c1-7-5-17(13(20)16-12(7)15)6-21-14(4)10(8(2)18)11(14)9(3)19/h7-11,18-19H,5-6H2,1-4H3,(H2,15,16,20). The zero-order valence-electron chi connectivity index (χ0n) is 13.0. The molecule has 2 rings (SSSR count). The van der Waals surface area contributed by atoms with E-state index in [9.17, 15) is 15.0 Å². The van der Waals surface area contributed by atoms with Crippen molar-refractivity contribution in [1.29, 1.82) is 5.41 Å². The number of rotatable bonds is 5. The Hall–Kier alpha value is -1.18. The van der Waals surface area contributed by atoms with Crippen molar-refractivity contribution in [2.24, 2.45) is 17.8 Å². The first-order valence-corrected chi connectivity index (χ1v) is 7.33. The summed E-state index contributed by atoms with van der Waals surface area (Å²) >= 11 is 0. The van der Waals surface area contributed by atoms with Gasteiger partial charge in [-0.1, -0.05) is 6.92 Å². The van der Waals surface area contributed by atoms with E-state index in [1.54, 1.807) is 13.8 Å². The van der Waals surface area contributed by atoms with Gasteiger partial charge in [0, 0.05) is 24.3 Å². The highest BCUT2D eigenvalue weighted by molar-refractivity contribution is 5.99. The van der Waals surface area contributed by atoms with Crippen LogP contribution in [0.2, 0.25) is 0 Å². The van der Waals surface area contributed by atoms with Crippen LogP contribution in [0.5, 0.6) is 0 Å². The van der Waals surface area contributed by atoms with Gasteiger partial charge in [-0.05, 0) is 20.8 Å². The number of carbonyl (C=O) groups excluding carboxylic acids is 1. The molecule has 7 nitrogen and oxygen atoms in total. The minimum absolute atomic E-state index is 0.0570. The first-order chi connectivity index (χ1) is 9.68. The molecule has 2 amide bonds. The molecular formula is C14H25N3O4. The molecule has 5 atom stereocenters. The quantitative estimate of drug-likeness (QED) is 0.588. The molecule has 1 aliphatic heterocycles. The Labute approximate surface area is 124 Å². The van der Waals surface area contributed by atoms with Crippen LogP contribution in [0.25, 0.3) is 0 Å². The van der Waals surface area contributed by atoms with E-state index in [1.165, 1.54) is 4.90 Å². The largest absolute Gasteiger partial charge is 0.393 e. The molecule has 0 radical (unpaired) electrons. The Balaban J connectivity index is 1.96. The smallest absolute Gasteiger partial charge is 0.324 e. The van der Waals surface area contributed by atoms with Crippen LogP contribution < -0.4 is 5.32 Å². The molecule has 4 N–H and O–H groups in total. The van der Waals surface area contributed by atoms with Gasteiger partial charge in [-0.25, -0.2) is 4.79 Å². The predicted octanol–water partition coefficient (Wildman–Crippen LogP) is 0.365. The van der Waals surface area contributed by atoms with Gasteiger partial charge in [0.2, 0.25) is 0 Å². The Morgan fingerprint density at radius 2 is 1.95 bits per heavy atom. The molecule has 7 heteroatoms. The van der Waals surface area contributed by atoms with Crippen molar-refractivity contribution in [3.8, 4) is 0 Å². The Morgan fingerprint density at radius 1 is 1.43 bits per heavy atom. The third kappa shape index (κ3) is 2.90. The lowest BCUT2D eigenvalue weighted by Crippen LogP contribution is -2.54. The molecule has 0 aromatic heterocycles. The number of amides is 2. The van der Waals surface area contributed by atoms with Crippen LogP contribution in [0.1, 0.15) is 27.7 Å². The average molecular weight is 299 g/mol. The maximum Gasteiger partial charge on any atom is 0.324 e. The summed E-state index contributed by atoms with van der Waals surface area (Å²) in [5, 5.41) is 29.7. The second kappa shape index (κ2) is 5.55. The van der Waals surface area contributed by atoms with Crippen molar-refractivity contribution in [2.75, 3.05) is 13.3 Å². The molecule has 0 aromatic rings. The first-order valence-electron chi connectivity index (χ1n) is 7.33. The molecule has 1 saturated carbocycles. The van der Waals surface area contributed by atoms with Crippen molar-refractivity contribution in [3.05, 3.63) is 0 Å². The second-order valence-electron chi connectivity index (χ2n) is 6.46. The van der Waals surface area contributed by atoms with Gasteiger partial charge in [0.1, 0.15) is 12.6 Å². The van der Waals surface area contributed by atoms with Gasteiger partial charge in [0.05, 0.1) is 17.8 Å². The lowest BCUT2D eigenvalue weighted by atomic mass is 10.1. The van der Waals surface area contributed by atoms with E-state index < -0.39 is 17.8 Å². The van der Waals surface area contributed by atoms with E-state index in [-0.39, 0.29) is 36.4 Å². The topological polar surface area (TPSA) is 106 Å². The molecule has 1 heterocycles. The highest BCUT2D eigenvalue weighted by Crippen LogP contribution is 2.56. The number of nitrogens with one attached hydrogen (secondary N) is 2. The van der Waals surface area contributed by atoms with Crippen LogP contribution in [0.3, 0.4) is 0 Å². The van der Waals surface area contributed by atoms with Gasteiger partial charge in [-0.15, -0.1) is 0 Å². The van der Waals surface area contributed by atoms with E-state index in [0.717, 1.165) is 0 Å². The van der Waals surface area contributed by atoms with Crippen LogP contribution in [-0.2, 0) is 4.74 Å². The third-order valence-electron chi connectivity index (χ3n) is 4.69. The third-order valence-corrected chi connectivity index (χ3v) is 4.69. The summed E-state index contributed by atoms with van der Waals surface area (Å²) < 4.78 is 5.86. The number of aliphatic hydroxyl groups is 2. The Bertz CT molecular complexity index is 424. The van der Waals surface area contributed by atoms with Crippen LogP contribution >= 0.6 is 0 Å². The van der Waals surface area contributed by atoms with Gasteiger partial charge >= 0.3 is 6.03 Å². The minimum atomic E-state index is -0.628. The normalized spacial score (nSPS) is 39.0. The maximum atomic E-state index is 11.8. The monoisotopic (exact) mass is 299 g/mol. The zero-order chi connectivity index (χ0) is 15.9. The van der Waals surface area contributed by atoms with Gasteiger partial charge < -0.3 is 19.8 Å². The lowest BCUT2D eigenvalue weighted by molar-refractivity contribution is -0.0454. The van der Waals surface area contributed by atoms with E-state index in [4.69, 9.17) is 10.1 Å². The SMILES string of the molecule is CC1CN(COC2(C)C(C(C)O)C2C(C)O)C(=O)NC1=N. The summed E-state index contributed by atoms with van der Waals surface area (Å²) in [6, 6.07) is -0.343. The Morgan fingerprint density at radius 3 is 2.43 bits per heavy atom. The van der Waals surface area contributed by atoms with Crippen LogP contribution in [0, 0.1) is 23.2 Å². The molecule has 21 heavy (non-hydrogen) atoms. The summed E-state index contributed by atoms with van der Waals surface area (Å²) in [5.74, 6) is -0.113. The molecule has 0 aromatic carbocycles.